The smallest absolute Gasteiger partial charge is 0.246 e. The molecule has 0 bridgehead atoms. The van der Waals surface area contributed by atoms with E-state index in [0.29, 0.717) is 54.1 Å². The maximum absolute atomic E-state index is 15.5. The first-order chi connectivity index (χ1) is 45.2. The first-order valence-electron chi connectivity index (χ1n) is 33.0. The van der Waals surface area contributed by atoms with Gasteiger partial charge in [0.15, 0.2) is 0 Å². The molecule has 3 aromatic carbocycles. The highest BCUT2D eigenvalue weighted by molar-refractivity contribution is 6.30. The van der Waals surface area contributed by atoms with Crippen LogP contribution in [0.15, 0.2) is 78.9 Å². The third-order valence-electron chi connectivity index (χ3n) is 18.1. The Labute approximate surface area is 569 Å². The van der Waals surface area contributed by atoms with E-state index < -0.39 is 157 Å². The Bertz CT molecular complexity index is 3210. The van der Waals surface area contributed by atoms with Crippen LogP contribution in [-0.4, -0.2) is 240 Å². The van der Waals surface area contributed by atoms with E-state index in [0.717, 1.165) is 24.5 Å². The van der Waals surface area contributed by atoms with Crippen LogP contribution in [0.4, 0.5) is 4.39 Å². The summed E-state index contributed by atoms with van der Waals surface area (Å²) in [5.41, 5.74) is 1.84. The predicted molar refractivity (Wildman–Crippen MR) is 361 cm³/mol. The number of rotatable bonds is 14. The van der Waals surface area contributed by atoms with Crippen molar-refractivity contribution in [3.63, 3.8) is 0 Å². The first kappa shape index (κ1) is 78.2. The van der Waals surface area contributed by atoms with Gasteiger partial charge in [0, 0.05) is 80.3 Å². The van der Waals surface area contributed by atoms with Crippen LogP contribution in [0.25, 0.3) is 0 Å². The lowest BCUT2D eigenvalue weighted by Crippen LogP contribution is -2.61. The van der Waals surface area contributed by atoms with E-state index in [9.17, 15) is 47.5 Å². The molecular weight excluding hydrogens is 1260 g/mol. The van der Waals surface area contributed by atoms with Crippen LogP contribution in [0, 0.1) is 23.6 Å². The predicted octanol–water partition coefficient (Wildman–Crippen LogP) is 3.70. The second-order valence-corrected chi connectivity index (χ2v) is 27.0. The molecule has 9 atom stereocenters. The number of carbonyl (C=O) groups excluding carboxylic acids is 12. The molecule has 26 heteroatoms. The van der Waals surface area contributed by atoms with Crippen molar-refractivity contribution in [3.8, 4) is 0 Å². The second kappa shape index (κ2) is 36.6. The van der Waals surface area contributed by atoms with E-state index in [1.165, 1.54) is 90.3 Å². The molecule has 526 valence electrons. The van der Waals surface area contributed by atoms with Crippen molar-refractivity contribution >= 4 is 82.5 Å². The summed E-state index contributed by atoms with van der Waals surface area (Å²) in [5.74, 6) is -9.91. The van der Waals surface area contributed by atoms with Gasteiger partial charge in [-0.25, -0.2) is 4.39 Å². The van der Waals surface area contributed by atoms with Gasteiger partial charge in [0.25, 0.3) is 0 Å². The summed E-state index contributed by atoms with van der Waals surface area (Å²) in [5, 5.41) is 11.6. The zero-order chi connectivity index (χ0) is 71.4. The summed E-state index contributed by atoms with van der Waals surface area (Å²) in [6.45, 7) is 11.3. The van der Waals surface area contributed by atoms with E-state index in [1.54, 1.807) is 73.3 Å². The molecule has 96 heavy (non-hydrogen) atoms. The number of amides is 12. The fraction of sp³-hybridized carbons (Fsp3) is 0.571. The molecule has 2 fully saturated rings. The highest BCUT2D eigenvalue weighted by Crippen LogP contribution is 2.23. The highest BCUT2D eigenvalue weighted by atomic mass is 35.5. The molecule has 2 aliphatic heterocycles. The van der Waals surface area contributed by atoms with Gasteiger partial charge in [-0.05, 0) is 104 Å². The highest BCUT2D eigenvalue weighted by Gasteiger charge is 2.42. The van der Waals surface area contributed by atoms with Crippen LogP contribution in [0.3, 0.4) is 0 Å². The van der Waals surface area contributed by atoms with Gasteiger partial charge in [-0.1, -0.05) is 114 Å². The topological polar surface area (TPSA) is 279 Å². The number of benzene rings is 3. The molecule has 24 nitrogen and oxygen atoms in total. The quantitative estimate of drug-likeness (QED) is 0.180. The minimum absolute atomic E-state index is 0.0511. The fourth-order valence-electron chi connectivity index (χ4n) is 11.6. The standard InChI is InChI=1S/C70H100ClFN12O12/c1-15-45(6)62-70(96)79(10)41-60(87)77(8)42-61(88)81(12)56(38-49-23-28-50(71)29-24-49)68(94)78(9)40-58(85)73-52(32-27-47-25-30-51(72)31-26-47)64(90)74-53(35-43(2)3)66(92)83(14)57(37-48-21-17-16-18-22-48)69(95)82(13)55(36-44(4)5)65(91)75-54(67(93)84-33-19-20-34-84)39-59(86)80(11)46(7)63(89)76-62/h16-18,21-26,28-31,43-46,52-57,62H,15,19-20,27,32-42H2,1-14H3,(H,73,85)(H,74,90)(H,75,91)(H,76,89)/t45-,46-,52-,53-,54-,55-,56-,57-,62-/m0/s1. The maximum Gasteiger partial charge on any atom is 0.246 e. The van der Waals surface area contributed by atoms with Gasteiger partial charge in [-0.15, -0.1) is 0 Å². The van der Waals surface area contributed by atoms with E-state index in [4.69, 9.17) is 11.6 Å². The van der Waals surface area contributed by atoms with Gasteiger partial charge in [0.05, 0.1) is 26.1 Å². The fourth-order valence-corrected chi connectivity index (χ4v) is 11.8. The Morgan fingerprint density at radius 3 is 1.66 bits per heavy atom. The minimum Gasteiger partial charge on any atom is -0.343 e. The number of aryl methyl sites for hydroxylation is 1. The van der Waals surface area contributed by atoms with E-state index in [1.807, 2.05) is 27.7 Å². The average molecular weight is 1360 g/mol. The van der Waals surface area contributed by atoms with E-state index in [-0.39, 0.29) is 50.4 Å². The molecule has 0 aromatic heterocycles. The third kappa shape index (κ3) is 22.3. The molecule has 0 radical (unpaired) electrons. The Hall–Kier alpha value is -8.48. The van der Waals surface area contributed by atoms with Crippen molar-refractivity contribution in [2.75, 3.05) is 82.1 Å². The molecule has 5 rings (SSSR count). The molecule has 0 saturated carbocycles. The number of nitrogens with zero attached hydrogens (tertiary/aromatic N) is 8. The lowest BCUT2D eigenvalue weighted by atomic mass is 9.97. The Kier molecular flexibility index (Phi) is 29.8. The number of carbonyl (C=O) groups is 12. The number of hydrogen-bond donors (Lipinski definition) is 4. The molecular formula is C70H100ClFN12O12. The van der Waals surface area contributed by atoms with Gasteiger partial charge in [0.2, 0.25) is 70.9 Å². The molecule has 12 amide bonds. The Morgan fingerprint density at radius 2 is 1.07 bits per heavy atom. The van der Waals surface area contributed by atoms with E-state index in [2.05, 4.69) is 21.3 Å². The average Bonchev–Trinajstić information content (AvgIpc) is 1.14. The number of nitrogens with one attached hydrogen (secondary N) is 4. The molecule has 0 spiro atoms. The zero-order valence-electron chi connectivity index (χ0n) is 58.2. The summed E-state index contributed by atoms with van der Waals surface area (Å²) in [7, 11) is 9.63. The van der Waals surface area contributed by atoms with Crippen molar-refractivity contribution in [2.45, 2.75) is 161 Å². The van der Waals surface area contributed by atoms with Gasteiger partial charge in [-0.3, -0.25) is 57.5 Å². The van der Waals surface area contributed by atoms with Crippen molar-refractivity contribution < 1.29 is 61.9 Å². The maximum atomic E-state index is 15.5. The minimum atomic E-state index is -1.47. The molecule has 3 aromatic rings. The number of hydrogen-bond acceptors (Lipinski definition) is 12. The van der Waals surface area contributed by atoms with Crippen LogP contribution in [0.2, 0.25) is 5.02 Å². The largest absolute Gasteiger partial charge is 0.343 e. The Morgan fingerprint density at radius 1 is 0.531 bits per heavy atom. The van der Waals surface area contributed by atoms with Gasteiger partial charge >= 0.3 is 0 Å². The lowest BCUT2D eigenvalue weighted by Gasteiger charge is -2.37. The van der Waals surface area contributed by atoms with Gasteiger partial charge in [0.1, 0.15) is 54.2 Å². The SMILES string of the molecule is CC[C@H](C)[C@@H]1NC(=O)[C@H](C)N(C)C(=O)C[C@@H](C(=O)N2CCCC2)NC(=O)[C@H](CC(C)C)N(C)C(=O)[C@H](Cc2ccccc2)N(C)C(=O)[C@H](CC(C)C)NC(=O)[C@H](CCc2ccc(F)cc2)NC(=O)CN(C)C(=O)[C@H](Cc2ccc(Cl)cc2)N(C)C(=O)CN(C)C(=O)CN(C)C1=O. The number of likely N-dealkylation sites (N-methyl/N-ethyl adjacent to an activating group) is 7. The van der Waals surface area contributed by atoms with E-state index >= 15 is 14.4 Å². The first-order valence-corrected chi connectivity index (χ1v) is 33.4. The summed E-state index contributed by atoms with van der Waals surface area (Å²) < 4.78 is 14.1. The van der Waals surface area contributed by atoms with Gasteiger partial charge in [-0.2, -0.15) is 0 Å². The zero-order valence-corrected chi connectivity index (χ0v) is 59.0. The summed E-state index contributed by atoms with van der Waals surface area (Å²) in [6.07, 6.45) is 1.20. The monoisotopic (exact) mass is 1350 g/mol. The van der Waals surface area contributed by atoms with Crippen LogP contribution >= 0.6 is 11.6 Å². The molecule has 0 unspecified atom stereocenters. The lowest BCUT2D eigenvalue weighted by molar-refractivity contribution is -0.150. The Balaban J connectivity index is 1.62. The van der Waals surface area contributed by atoms with Crippen molar-refractivity contribution in [3.05, 3.63) is 106 Å². The second-order valence-electron chi connectivity index (χ2n) is 26.6. The summed E-state index contributed by atoms with van der Waals surface area (Å²) >= 11 is 6.23. The third-order valence-corrected chi connectivity index (χ3v) is 18.4. The summed E-state index contributed by atoms with van der Waals surface area (Å²) in [4.78, 5) is 185. The van der Waals surface area contributed by atoms with Crippen LogP contribution in [0.1, 0.15) is 110 Å². The molecule has 4 N–H and O–H groups in total. The molecule has 2 aliphatic rings. The molecule has 0 aliphatic carbocycles. The molecule has 2 saturated heterocycles. The van der Waals surface area contributed by atoms with Crippen molar-refractivity contribution in [2.24, 2.45) is 17.8 Å². The van der Waals surface area contributed by atoms with Crippen molar-refractivity contribution in [1.82, 2.24) is 60.5 Å². The van der Waals surface area contributed by atoms with Gasteiger partial charge < -0.3 is 60.5 Å². The van der Waals surface area contributed by atoms with Crippen LogP contribution in [0.5, 0.6) is 0 Å². The van der Waals surface area contributed by atoms with Crippen LogP contribution < -0.4 is 21.3 Å². The normalized spacial score (nSPS) is 23.8. The molecule has 2 heterocycles. The van der Waals surface area contributed by atoms with Crippen LogP contribution in [-0.2, 0) is 76.8 Å². The number of likely N-dealkylation sites (tertiary alicyclic amines) is 1. The summed E-state index contributed by atoms with van der Waals surface area (Å²) in [6, 6.07) is 10.5. The number of halogens is 2. The van der Waals surface area contributed by atoms with Crippen molar-refractivity contribution in [1.29, 1.82) is 0 Å².